The normalized spacial score (nSPS) is 12.7. The van der Waals surface area contributed by atoms with Crippen molar-refractivity contribution in [2.24, 2.45) is 11.7 Å². The molecular weight excluding hydrogens is 164 g/mol. The fourth-order valence-corrected chi connectivity index (χ4v) is 1.18. The number of rotatable bonds is 5. The van der Waals surface area contributed by atoms with Gasteiger partial charge in [0.15, 0.2) is 0 Å². The Bertz CT molecular complexity index is 178. The van der Waals surface area contributed by atoms with Crippen LogP contribution in [0.5, 0.6) is 0 Å². The number of hydrogen-bond acceptors (Lipinski definition) is 2. The van der Waals surface area contributed by atoms with Gasteiger partial charge in [0, 0.05) is 13.6 Å². The van der Waals surface area contributed by atoms with E-state index < -0.39 is 0 Å². The number of hydrogen-bond donors (Lipinski definition) is 1. The van der Waals surface area contributed by atoms with Crippen molar-refractivity contribution in [3.8, 4) is 0 Å². The van der Waals surface area contributed by atoms with Crippen molar-refractivity contribution >= 4 is 5.91 Å². The zero-order valence-electron chi connectivity index (χ0n) is 8.79. The molecule has 0 fully saturated rings. The summed E-state index contributed by atoms with van der Waals surface area (Å²) in [5.41, 5.74) is 5.72. The van der Waals surface area contributed by atoms with Crippen molar-refractivity contribution in [3.05, 3.63) is 12.7 Å². The van der Waals surface area contributed by atoms with E-state index in [4.69, 9.17) is 5.73 Å². The van der Waals surface area contributed by atoms with Crippen LogP contribution >= 0.6 is 0 Å². The second kappa shape index (κ2) is 5.75. The average molecular weight is 184 g/mol. The summed E-state index contributed by atoms with van der Waals surface area (Å²) in [4.78, 5) is 13.1. The summed E-state index contributed by atoms with van der Waals surface area (Å²) in [6.45, 7) is 8.24. The van der Waals surface area contributed by atoms with Gasteiger partial charge < -0.3 is 10.6 Å². The monoisotopic (exact) mass is 184 g/mol. The van der Waals surface area contributed by atoms with Crippen molar-refractivity contribution in [1.29, 1.82) is 0 Å². The van der Waals surface area contributed by atoms with Gasteiger partial charge in [0.05, 0.1) is 6.04 Å². The van der Waals surface area contributed by atoms with Crippen molar-refractivity contribution in [2.45, 2.75) is 26.3 Å². The van der Waals surface area contributed by atoms with E-state index in [0.717, 1.165) is 6.42 Å². The van der Waals surface area contributed by atoms with Crippen LogP contribution in [0.4, 0.5) is 0 Å². The summed E-state index contributed by atoms with van der Waals surface area (Å²) < 4.78 is 0. The molecule has 1 amide bonds. The third-order valence-corrected chi connectivity index (χ3v) is 1.82. The summed E-state index contributed by atoms with van der Waals surface area (Å²) in [7, 11) is 1.74. The van der Waals surface area contributed by atoms with E-state index in [0.29, 0.717) is 12.5 Å². The molecule has 0 aliphatic carbocycles. The van der Waals surface area contributed by atoms with Gasteiger partial charge in [0.25, 0.3) is 0 Å². The standard InChI is InChI=1S/C10H20N2O/c1-5-6-12(4)10(13)9(11)7-8(2)3/h5,8-9H,1,6-7,11H2,2-4H3/t9-/m1/s1. The highest BCUT2D eigenvalue weighted by atomic mass is 16.2. The molecule has 2 N–H and O–H groups in total. The van der Waals surface area contributed by atoms with Crippen LogP contribution in [0.2, 0.25) is 0 Å². The first-order valence-corrected chi connectivity index (χ1v) is 4.60. The van der Waals surface area contributed by atoms with Crippen LogP contribution in [0.1, 0.15) is 20.3 Å². The van der Waals surface area contributed by atoms with E-state index in [9.17, 15) is 4.79 Å². The van der Waals surface area contributed by atoms with Gasteiger partial charge in [-0.25, -0.2) is 0 Å². The molecule has 13 heavy (non-hydrogen) atoms. The van der Waals surface area contributed by atoms with Gasteiger partial charge in [-0.1, -0.05) is 19.9 Å². The molecule has 0 unspecified atom stereocenters. The SMILES string of the molecule is C=CCN(C)C(=O)[C@H](N)CC(C)C. The van der Waals surface area contributed by atoms with Crippen molar-refractivity contribution in [1.82, 2.24) is 4.90 Å². The van der Waals surface area contributed by atoms with Crippen molar-refractivity contribution in [2.75, 3.05) is 13.6 Å². The molecule has 0 heterocycles. The summed E-state index contributed by atoms with van der Waals surface area (Å²) in [6.07, 6.45) is 2.43. The highest BCUT2D eigenvalue weighted by Crippen LogP contribution is 2.04. The lowest BCUT2D eigenvalue weighted by Gasteiger charge is -2.20. The highest BCUT2D eigenvalue weighted by Gasteiger charge is 2.17. The van der Waals surface area contributed by atoms with Crippen LogP contribution in [0, 0.1) is 5.92 Å². The van der Waals surface area contributed by atoms with Gasteiger partial charge >= 0.3 is 0 Å². The first kappa shape index (κ1) is 12.2. The summed E-state index contributed by atoms with van der Waals surface area (Å²) in [6, 6.07) is -0.370. The lowest BCUT2D eigenvalue weighted by Crippen LogP contribution is -2.42. The molecule has 76 valence electrons. The Kier molecular flexibility index (Phi) is 5.39. The maximum absolute atomic E-state index is 11.5. The molecule has 0 aromatic carbocycles. The van der Waals surface area contributed by atoms with Gasteiger partial charge in [-0.05, 0) is 12.3 Å². The molecule has 0 saturated carbocycles. The zero-order chi connectivity index (χ0) is 10.4. The third-order valence-electron chi connectivity index (χ3n) is 1.82. The lowest BCUT2D eigenvalue weighted by atomic mass is 10.0. The van der Waals surface area contributed by atoms with Crippen LogP contribution in [0.15, 0.2) is 12.7 Å². The second-order valence-electron chi connectivity index (χ2n) is 3.74. The minimum atomic E-state index is -0.370. The Morgan fingerprint density at radius 1 is 1.62 bits per heavy atom. The molecular formula is C10H20N2O. The molecule has 3 heteroatoms. The zero-order valence-corrected chi connectivity index (χ0v) is 8.79. The molecule has 0 saturated heterocycles. The van der Waals surface area contributed by atoms with E-state index in [1.54, 1.807) is 18.0 Å². The smallest absolute Gasteiger partial charge is 0.239 e. The summed E-state index contributed by atoms with van der Waals surface area (Å²) in [5, 5.41) is 0. The van der Waals surface area contributed by atoms with Gasteiger partial charge in [-0.3, -0.25) is 4.79 Å². The quantitative estimate of drug-likeness (QED) is 0.648. The van der Waals surface area contributed by atoms with Crippen LogP contribution in [-0.4, -0.2) is 30.4 Å². The van der Waals surface area contributed by atoms with Gasteiger partial charge in [0.1, 0.15) is 0 Å². The summed E-state index contributed by atoms with van der Waals surface area (Å²) >= 11 is 0. The molecule has 0 aromatic heterocycles. The van der Waals surface area contributed by atoms with Gasteiger partial charge in [0.2, 0.25) is 5.91 Å². The maximum atomic E-state index is 11.5. The molecule has 0 aliphatic rings. The number of carbonyl (C=O) groups excluding carboxylic acids is 1. The number of nitrogens with two attached hydrogens (primary N) is 1. The largest absolute Gasteiger partial charge is 0.341 e. The Morgan fingerprint density at radius 3 is 2.54 bits per heavy atom. The van der Waals surface area contributed by atoms with Crippen molar-refractivity contribution in [3.63, 3.8) is 0 Å². The van der Waals surface area contributed by atoms with Gasteiger partial charge in [-0.15, -0.1) is 6.58 Å². The van der Waals surface area contributed by atoms with Crippen LogP contribution in [0.3, 0.4) is 0 Å². The van der Waals surface area contributed by atoms with E-state index >= 15 is 0 Å². The number of amides is 1. The van der Waals surface area contributed by atoms with Crippen molar-refractivity contribution < 1.29 is 4.79 Å². The minimum Gasteiger partial charge on any atom is -0.341 e. The summed E-state index contributed by atoms with van der Waals surface area (Å²) in [5.74, 6) is 0.449. The Labute approximate surface area is 80.6 Å². The van der Waals surface area contributed by atoms with E-state index in [1.807, 2.05) is 0 Å². The minimum absolute atomic E-state index is 0.00593. The topological polar surface area (TPSA) is 46.3 Å². The molecule has 0 spiro atoms. The Hall–Kier alpha value is -0.830. The maximum Gasteiger partial charge on any atom is 0.239 e. The van der Waals surface area contributed by atoms with Crippen LogP contribution < -0.4 is 5.73 Å². The fourth-order valence-electron chi connectivity index (χ4n) is 1.18. The molecule has 0 bridgehead atoms. The van der Waals surface area contributed by atoms with Crippen LogP contribution in [0.25, 0.3) is 0 Å². The highest BCUT2D eigenvalue weighted by molar-refractivity contribution is 5.81. The predicted molar refractivity (Wildman–Crippen MR) is 55.3 cm³/mol. The molecule has 1 atom stereocenters. The van der Waals surface area contributed by atoms with Crippen LogP contribution in [-0.2, 0) is 4.79 Å². The van der Waals surface area contributed by atoms with E-state index in [1.165, 1.54) is 0 Å². The Balaban J connectivity index is 4.00. The number of likely N-dealkylation sites (N-methyl/N-ethyl adjacent to an activating group) is 1. The fraction of sp³-hybridized carbons (Fsp3) is 0.700. The third kappa shape index (κ3) is 4.68. The first-order chi connectivity index (χ1) is 5.99. The number of carbonyl (C=O) groups is 1. The molecule has 3 nitrogen and oxygen atoms in total. The molecule has 0 radical (unpaired) electrons. The second-order valence-corrected chi connectivity index (χ2v) is 3.74. The first-order valence-electron chi connectivity index (χ1n) is 4.60. The van der Waals surface area contributed by atoms with E-state index in [-0.39, 0.29) is 11.9 Å². The molecule has 0 aromatic rings. The van der Waals surface area contributed by atoms with Gasteiger partial charge in [-0.2, -0.15) is 0 Å². The molecule has 0 aliphatic heterocycles. The molecule has 0 rings (SSSR count). The average Bonchev–Trinajstić information content (AvgIpc) is 2.02. The number of nitrogens with zero attached hydrogens (tertiary/aromatic N) is 1. The van der Waals surface area contributed by atoms with E-state index in [2.05, 4.69) is 20.4 Å². The lowest BCUT2D eigenvalue weighted by molar-refractivity contribution is -0.131. The Morgan fingerprint density at radius 2 is 2.15 bits per heavy atom. The predicted octanol–water partition coefficient (Wildman–Crippen LogP) is 1.00.